The fraction of sp³-hybridized carbons (Fsp3) is 0.875. The van der Waals surface area contributed by atoms with E-state index in [1.165, 1.54) is 0 Å². The van der Waals surface area contributed by atoms with Crippen LogP contribution in [0.4, 0.5) is 4.79 Å². The third-order valence-electron chi connectivity index (χ3n) is 14.8. The molecule has 5 amide bonds. The summed E-state index contributed by atoms with van der Waals surface area (Å²) in [5.74, 6) is -2.30. The predicted octanol–water partition coefficient (Wildman–Crippen LogP) is 3.61. The van der Waals surface area contributed by atoms with Crippen molar-refractivity contribution in [2.24, 2.45) is 33.3 Å². The zero-order chi connectivity index (χ0) is 37.9. The monoisotopic (exact) mass is 726 g/mol. The third kappa shape index (κ3) is 7.00. The van der Waals surface area contributed by atoms with Crippen molar-refractivity contribution in [2.75, 3.05) is 32.7 Å². The molecular weight excluding hydrogens is 658 g/mol. The Morgan fingerprint density at radius 2 is 1.54 bits per heavy atom. The standard InChI is InChI=1S/C40H67N7O5/c1-35(2,3)30(44-34(52)45-38(15-9-8-10-16-38)24-46-20-19-42-36(4,5)23-46)33(51)47-25-40(37(6,7)39(40)17-12-18-39)22-28(47)32(50)43-27(29(48)31(41)49)21-26-13-11-14-26/h26-28,30,42H,8-25H2,1-7H3,(H2,41,49)(H,43,50)(H2,44,45,52)/t27?,28-,30+,40+/m0/s1. The summed E-state index contributed by atoms with van der Waals surface area (Å²) in [6.45, 7) is 18.7. The molecule has 4 atom stereocenters. The van der Waals surface area contributed by atoms with Crippen molar-refractivity contribution in [1.82, 2.24) is 31.1 Å². The van der Waals surface area contributed by atoms with Crippen molar-refractivity contribution in [3.63, 3.8) is 0 Å². The summed E-state index contributed by atoms with van der Waals surface area (Å²) in [5, 5.41) is 13.0. The fourth-order valence-electron chi connectivity index (χ4n) is 11.4. The molecule has 292 valence electrons. The summed E-state index contributed by atoms with van der Waals surface area (Å²) < 4.78 is 0. The molecular formula is C40H67N7O5. The molecule has 0 aromatic carbocycles. The fourth-order valence-corrected chi connectivity index (χ4v) is 11.4. The van der Waals surface area contributed by atoms with E-state index in [2.05, 4.69) is 53.9 Å². The van der Waals surface area contributed by atoms with Crippen molar-refractivity contribution < 1.29 is 24.0 Å². The van der Waals surface area contributed by atoms with Gasteiger partial charge in [-0.25, -0.2) is 4.79 Å². The number of ketones is 1. The highest BCUT2D eigenvalue weighted by Crippen LogP contribution is 2.88. The van der Waals surface area contributed by atoms with Crippen molar-refractivity contribution in [2.45, 2.75) is 161 Å². The number of rotatable bonds is 11. The minimum Gasteiger partial charge on any atom is -0.363 e. The van der Waals surface area contributed by atoms with E-state index < -0.39 is 46.7 Å². The molecule has 1 unspecified atom stereocenters. The quantitative estimate of drug-likeness (QED) is 0.203. The Morgan fingerprint density at radius 3 is 2.06 bits per heavy atom. The first-order chi connectivity index (χ1) is 24.3. The maximum absolute atomic E-state index is 15.0. The molecule has 0 bridgehead atoms. The molecule has 4 saturated carbocycles. The Bertz CT molecular complexity index is 1420. The van der Waals surface area contributed by atoms with Gasteiger partial charge < -0.3 is 31.9 Å². The van der Waals surface area contributed by atoms with E-state index >= 15 is 0 Å². The van der Waals surface area contributed by atoms with Gasteiger partial charge in [0, 0.05) is 43.7 Å². The lowest BCUT2D eigenvalue weighted by atomic mass is 9.73. The van der Waals surface area contributed by atoms with E-state index in [0.717, 1.165) is 96.8 Å². The summed E-state index contributed by atoms with van der Waals surface area (Å²) in [4.78, 5) is 72.6. The average Bonchev–Trinajstić information content (AvgIpc) is 3.22. The van der Waals surface area contributed by atoms with Gasteiger partial charge in [-0.3, -0.25) is 24.1 Å². The molecule has 6 rings (SSSR count). The van der Waals surface area contributed by atoms with E-state index in [1.807, 2.05) is 20.8 Å². The Balaban J connectivity index is 1.23. The molecule has 4 aliphatic carbocycles. The predicted molar refractivity (Wildman–Crippen MR) is 200 cm³/mol. The highest BCUT2D eigenvalue weighted by Gasteiger charge is 2.85. The summed E-state index contributed by atoms with van der Waals surface area (Å²) in [6.07, 6.45) is 12.1. The smallest absolute Gasteiger partial charge is 0.315 e. The van der Waals surface area contributed by atoms with Gasteiger partial charge in [-0.15, -0.1) is 0 Å². The molecule has 0 aromatic heterocycles. The van der Waals surface area contributed by atoms with E-state index in [1.54, 1.807) is 4.90 Å². The first kappa shape index (κ1) is 39.0. The summed E-state index contributed by atoms with van der Waals surface area (Å²) >= 11 is 0. The number of likely N-dealkylation sites (tertiary alicyclic amines) is 1. The van der Waals surface area contributed by atoms with Crippen LogP contribution in [-0.2, 0) is 19.2 Å². The number of carbonyl (C=O) groups is 5. The van der Waals surface area contributed by atoms with Crippen LogP contribution in [0.5, 0.6) is 0 Å². The minimum atomic E-state index is -1.06. The molecule has 2 spiro atoms. The lowest BCUT2D eigenvalue weighted by Crippen LogP contribution is -2.66. The molecule has 12 nitrogen and oxygen atoms in total. The van der Waals surface area contributed by atoms with Gasteiger partial charge in [0.15, 0.2) is 0 Å². The topological polar surface area (TPSA) is 166 Å². The number of nitrogens with one attached hydrogen (secondary N) is 4. The van der Waals surface area contributed by atoms with Gasteiger partial charge >= 0.3 is 6.03 Å². The van der Waals surface area contributed by atoms with Crippen molar-refractivity contribution >= 4 is 29.5 Å². The molecule has 0 aromatic rings. The number of amides is 5. The molecule has 2 saturated heterocycles. The zero-order valence-corrected chi connectivity index (χ0v) is 33.1. The molecule has 2 aliphatic heterocycles. The second kappa shape index (κ2) is 13.8. The van der Waals surface area contributed by atoms with Crippen molar-refractivity contribution in [3.05, 3.63) is 0 Å². The third-order valence-corrected chi connectivity index (χ3v) is 14.8. The Kier molecular flexibility index (Phi) is 10.4. The molecule has 6 N–H and O–H groups in total. The van der Waals surface area contributed by atoms with Crippen LogP contribution in [0, 0.1) is 27.6 Å². The number of fused-ring (bicyclic) bond motifs is 1. The van der Waals surface area contributed by atoms with Crippen LogP contribution >= 0.6 is 0 Å². The number of nitrogens with two attached hydrogens (primary N) is 1. The SMILES string of the molecule is CC1(C)CN(CC2(NC(=O)N[C@H](C(=O)N3C[C@]4(C[C@H]3C(=O)NC(CC3CCC3)C(=O)C(N)=O)C(C)(C)C43CCC3)C(C)(C)C)CCCCC2)CCN1. The molecule has 2 heterocycles. The van der Waals surface area contributed by atoms with Crippen LogP contribution < -0.4 is 27.0 Å². The number of carbonyl (C=O) groups excluding carboxylic acids is 5. The van der Waals surface area contributed by atoms with Gasteiger partial charge in [-0.1, -0.05) is 79.6 Å². The molecule has 6 fully saturated rings. The highest BCUT2D eigenvalue weighted by atomic mass is 16.2. The molecule has 52 heavy (non-hydrogen) atoms. The van der Waals surface area contributed by atoms with Crippen LogP contribution in [-0.4, -0.2) is 101 Å². The van der Waals surface area contributed by atoms with Crippen LogP contribution in [0.1, 0.15) is 132 Å². The maximum atomic E-state index is 15.0. The maximum Gasteiger partial charge on any atom is 0.315 e. The lowest BCUT2D eigenvalue weighted by molar-refractivity contribution is -0.143. The van der Waals surface area contributed by atoms with Gasteiger partial charge in [-0.2, -0.15) is 0 Å². The Labute approximate surface area is 311 Å². The first-order valence-electron chi connectivity index (χ1n) is 20.3. The van der Waals surface area contributed by atoms with Gasteiger partial charge in [0.05, 0.1) is 11.6 Å². The number of urea groups is 1. The van der Waals surface area contributed by atoms with Crippen LogP contribution in [0.2, 0.25) is 0 Å². The number of piperazine rings is 1. The summed E-state index contributed by atoms with van der Waals surface area (Å²) in [5.41, 5.74) is 4.16. The van der Waals surface area contributed by atoms with Gasteiger partial charge in [0.25, 0.3) is 5.91 Å². The first-order valence-corrected chi connectivity index (χ1v) is 20.3. The average molecular weight is 726 g/mol. The van der Waals surface area contributed by atoms with E-state index in [9.17, 15) is 24.0 Å². The summed E-state index contributed by atoms with van der Waals surface area (Å²) in [7, 11) is 0. The Morgan fingerprint density at radius 1 is 0.865 bits per heavy atom. The summed E-state index contributed by atoms with van der Waals surface area (Å²) in [6, 6.07) is -3.08. The largest absolute Gasteiger partial charge is 0.363 e. The number of primary amides is 1. The van der Waals surface area contributed by atoms with Crippen LogP contribution in [0.15, 0.2) is 0 Å². The van der Waals surface area contributed by atoms with Crippen molar-refractivity contribution in [1.29, 1.82) is 0 Å². The number of nitrogens with zero attached hydrogens (tertiary/aromatic N) is 2. The van der Waals surface area contributed by atoms with Crippen LogP contribution in [0.25, 0.3) is 0 Å². The van der Waals surface area contributed by atoms with Gasteiger partial charge in [-0.05, 0) is 74.5 Å². The normalized spacial score (nSPS) is 30.1. The van der Waals surface area contributed by atoms with Gasteiger partial charge in [0.1, 0.15) is 12.1 Å². The molecule has 0 radical (unpaired) electrons. The van der Waals surface area contributed by atoms with E-state index in [4.69, 9.17) is 5.73 Å². The highest BCUT2D eigenvalue weighted by molar-refractivity contribution is 6.37. The van der Waals surface area contributed by atoms with Crippen molar-refractivity contribution in [3.8, 4) is 0 Å². The second-order valence-electron chi connectivity index (χ2n) is 19.9. The minimum absolute atomic E-state index is 0.00538. The van der Waals surface area contributed by atoms with Gasteiger partial charge in [0.2, 0.25) is 17.6 Å². The molecule has 6 aliphatic rings. The second-order valence-corrected chi connectivity index (χ2v) is 19.9. The van der Waals surface area contributed by atoms with E-state index in [0.29, 0.717) is 19.4 Å². The number of Topliss-reactive ketones (excluding diaryl/α,β-unsaturated/α-hetero) is 1. The van der Waals surface area contributed by atoms with E-state index in [-0.39, 0.29) is 39.6 Å². The number of hydrogen-bond acceptors (Lipinski definition) is 7. The lowest BCUT2D eigenvalue weighted by Gasteiger charge is -2.46. The zero-order valence-electron chi connectivity index (χ0n) is 33.1. The number of hydrogen-bond donors (Lipinski definition) is 5. The Hall–Kier alpha value is -2.73. The van der Waals surface area contributed by atoms with Crippen LogP contribution in [0.3, 0.4) is 0 Å². The molecule has 12 heteroatoms.